The highest BCUT2D eigenvalue weighted by Crippen LogP contribution is 2.69. The minimum atomic E-state index is -0.760. The zero-order chi connectivity index (χ0) is 29.7. The number of nitrogens with zero attached hydrogens (tertiary/aromatic N) is 3. The van der Waals surface area contributed by atoms with Gasteiger partial charge in [-0.25, -0.2) is 0 Å². The number of fused-ring (bicyclic) bond motifs is 1. The lowest BCUT2D eigenvalue weighted by atomic mass is 9.66. The number of allylic oxidation sites excluding steroid dienone is 1. The predicted molar refractivity (Wildman–Crippen MR) is 160 cm³/mol. The number of morpholine rings is 1. The lowest BCUT2D eigenvalue weighted by molar-refractivity contribution is -0.155. The first-order chi connectivity index (χ1) is 19.7. The Morgan fingerprint density at radius 1 is 1.27 bits per heavy atom. The van der Waals surface area contributed by atoms with Gasteiger partial charge in [0, 0.05) is 38.0 Å². The summed E-state index contributed by atoms with van der Waals surface area (Å²) >= 11 is 1.65. The van der Waals surface area contributed by atoms with Crippen LogP contribution in [0.4, 0.5) is 0 Å². The number of rotatable bonds is 15. The molecule has 7 atom stereocenters. The average molecular weight is 592 g/mol. The van der Waals surface area contributed by atoms with Gasteiger partial charge in [0.1, 0.15) is 6.04 Å². The quantitative estimate of drug-likeness (QED) is 0.176. The molecule has 0 aromatic heterocycles. The Kier molecular flexibility index (Phi) is 11.0. The molecule has 0 aromatic carbocycles. The predicted octanol–water partition coefficient (Wildman–Crippen LogP) is 2.59. The summed E-state index contributed by atoms with van der Waals surface area (Å²) in [4.78, 5) is 48.4. The molecule has 2 amide bonds. The number of aliphatic hydroxyl groups is 1. The van der Waals surface area contributed by atoms with Crippen LogP contribution in [0.1, 0.15) is 46.5 Å². The van der Waals surface area contributed by atoms with Gasteiger partial charge < -0.3 is 24.4 Å². The minimum absolute atomic E-state index is 0.0541. The maximum atomic E-state index is 14.7. The monoisotopic (exact) mass is 591 g/mol. The number of esters is 1. The molecule has 4 rings (SSSR count). The number of likely N-dealkylation sites (tertiary alicyclic amines) is 1. The normalized spacial score (nSPS) is 31.8. The number of carbonyl (C=O) groups excluding carboxylic acids is 3. The number of hydrogen-bond acceptors (Lipinski definition) is 8. The fraction of sp³-hybridized carbons (Fsp3) is 0.774. The van der Waals surface area contributed by atoms with E-state index in [1.165, 1.54) is 0 Å². The van der Waals surface area contributed by atoms with E-state index >= 15 is 0 Å². The number of unbranched alkanes of at least 4 members (excludes halogenated alkanes) is 1. The van der Waals surface area contributed by atoms with Crippen LogP contribution in [0.25, 0.3) is 0 Å². The Morgan fingerprint density at radius 3 is 2.63 bits per heavy atom. The van der Waals surface area contributed by atoms with Crippen LogP contribution in [0.3, 0.4) is 0 Å². The molecule has 4 fully saturated rings. The van der Waals surface area contributed by atoms with Crippen molar-refractivity contribution in [1.29, 1.82) is 0 Å². The van der Waals surface area contributed by atoms with Gasteiger partial charge in [0.25, 0.3) is 0 Å². The number of amides is 2. The first kappa shape index (κ1) is 32.0. The van der Waals surface area contributed by atoms with Crippen LogP contribution in [0.2, 0.25) is 0 Å². The first-order valence-corrected chi connectivity index (χ1v) is 16.2. The third-order valence-corrected chi connectivity index (χ3v) is 11.4. The van der Waals surface area contributed by atoms with Crippen molar-refractivity contribution in [3.63, 3.8) is 0 Å². The topological polar surface area (TPSA) is 99.6 Å². The first-order valence-electron chi connectivity index (χ1n) is 15.3. The maximum Gasteiger partial charge on any atom is 0.310 e. The van der Waals surface area contributed by atoms with Crippen molar-refractivity contribution >= 4 is 29.5 Å². The van der Waals surface area contributed by atoms with Gasteiger partial charge in [-0.15, -0.1) is 24.9 Å². The third-order valence-electron chi connectivity index (χ3n) is 9.29. The SMILES string of the molecule is C=CCCCOC(=O)[C@@H]1[C@@H]2CC(C)C3(S2)C(C(=O)N(CC=C)CCN2CCOCC2)N([C@@H](CO)CC(C)C)C(=O)[C@H]13. The van der Waals surface area contributed by atoms with Crippen molar-refractivity contribution in [2.75, 3.05) is 59.2 Å². The molecule has 2 bridgehead atoms. The van der Waals surface area contributed by atoms with Gasteiger partial charge in [-0.05, 0) is 37.5 Å². The average Bonchev–Trinajstić information content (AvgIpc) is 3.55. The van der Waals surface area contributed by atoms with Gasteiger partial charge in [-0.2, -0.15) is 0 Å². The highest BCUT2D eigenvalue weighted by atomic mass is 32.2. The zero-order valence-electron chi connectivity index (χ0n) is 25.0. The van der Waals surface area contributed by atoms with E-state index < -0.39 is 28.7 Å². The van der Waals surface area contributed by atoms with Crippen LogP contribution in [0, 0.1) is 23.7 Å². The summed E-state index contributed by atoms with van der Waals surface area (Å²) in [6, 6.07) is -1.26. The molecule has 10 heteroatoms. The van der Waals surface area contributed by atoms with Crippen LogP contribution in [-0.2, 0) is 23.9 Å². The molecule has 9 nitrogen and oxygen atoms in total. The fourth-order valence-electron chi connectivity index (χ4n) is 7.42. The summed E-state index contributed by atoms with van der Waals surface area (Å²) in [6.07, 6.45) is 6.29. The Labute approximate surface area is 249 Å². The molecule has 4 saturated heterocycles. The van der Waals surface area contributed by atoms with Gasteiger partial charge in [-0.1, -0.05) is 32.9 Å². The Hall–Kier alpha value is -1.88. The number of aliphatic hydroxyl groups excluding tert-OH is 1. The lowest BCUT2D eigenvalue weighted by Gasteiger charge is -2.42. The second-order valence-corrected chi connectivity index (χ2v) is 13.9. The number of ether oxygens (including phenoxy) is 2. The molecule has 0 aromatic rings. The number of hydrogen-bond donors (Lipinski definition) is 1. The van der Waals surface area contributed by atoms with Gasteiger partial charge in [0.2, 0.25) is 11.8 Å². The van der Waals surface area contributed by atoms with E-state index in [2.05, 4.69) is 38.8 Å². The molecule has 41 heavy (non-hydrogen) atoms. The molecule has 1 N–H and O–H groups in total. The largest absolute Gasteiger partial charge is 0.465 e. The van der Waals surface area contributed by atoms with Crippen molar-refractivity contribution in [2.45, 2.75) is 68.5 Å². The Morgan fingerprint density at radius 2 is 2.00 bits per heavy atom. The van der Waals surface area contributed by atoms with Crippen LogP contribution >= 0.6 is 11.8 Å². The fourth-order valence-corrected chi connectivity index (χ4v) is 9.81. The molecule has 0 saturated carbocycles. The second-order valence-electron chi connectivity index (χ2n) is 12.4. The van der Waals surface area contributed by atoms with Crippen molar-refractivity contribution in [3.8, 4) is 0 Å². The summed E-state index contributed by atoms with van der Waals surface area (Å²) in [7, 11) is 0. The molecular formula is C31H49N3O6S. The van der Waals surface area contributed by atoms with Gasteiger partial charge in [0.05, 0.1) is 49.1 Å². The van der Waals surface area contributed by atoms with Crippen LogP contribution < -0.4 is 0 Å². The molecule has 230 valence electrons. The van der Waals surface area contributed by atoms with Gasteiger partial charge >= 0.3 is 5.97 Å². The van der Waals surface area contributed by atoms with E-state index in [0.717, 1.165) is 25.9 Å². The zero-order valence-corrected chi connectivity index (χ0v) is 25.9. The molecule has 4 heterocycles. The second kappa shape index (κ2) is 14.1. The smallest absolute Gasteiger partial charge is 0.310 e. The van der Waals surface area contributed by atoms with E-state index in [0.29, 0.717) is 45.7 Å². The van der Waals surface area contributed by atoms with Crippen LogP contribution in [0.5, 0.6) is 0 Å². The maximum absolute atomic E-state index is 14.7. The molecule has 0 radical (unpaired) electrons. The summed E-state index contributed by atoms with van der Waals surface area (Å²) in [5.41, 5.74) is 0. The summed E-state index contributed by atoms with van der Waals surface area (Å²) in [5, 5.41) is 10.5. The van der Waals surface area contributed by atoms with Gasteiger partial charge in [0.15, 0.2) is 0 Å². The summed E-state index contributed by atoms with van der Waals surface area (Å²) in [6.45, 7) is 18.5. The van der Waals surface area contributed by atoms with E-state index in [-0.39, 0.29) is 48.1 Å². The number of carbonyl (C=O) groups is 3. The number of thioether (sulfide) groups is 1. The van der Waals surface area contributed by atoms with E-state index in [1.54, 1.807) is 28.8 Å². The minimum Gasteiger partial charge on any atom is -0.465 e. The molecule has 4 aliphatic heterocycles. The molecular weight excluding hydrogens is 542 g/mol. The molecule has 4 aliphatic rings. The van der Waals surface area contributed by atoms with Crippen molar-refractivity contribution < 1.29 is 29.0 Å². The standard InChI is InChI=1S/C31H49N3O6S/c1-6-8-9-15-40-30(38)25-24-19-22(5)31(41-24)26(25)28(36)34(23(20-35)18-21(3)4)27(31)29(37)33(10-7-2)12-11-32-13-16-39-17-14-32/h6-7,21-27,35H,1-2,8-20H2,3-5H3/t22?,23-,24+,25-,26+,27?,31?/m1/s1. The van der Waals surface area contributed by atoms with Crippen LogP contribution in [0.15, 0.2) is 25.3 Å². The van der Waals surface area contributed by atoms with Gasteiger partial charge in [-0.3, -0.25) is 19.3 Å². The van der Waals surface area contributed by atoms with Crippen molar-refractivity contribution in [3.05, 3.63) is 25.3 Å². The van der Waals surface area contributed by atoms with Crippen molar-refractivity contribution in [1.82, 2.24) is 14.7 Å². The molecule has 3 unspecified atom stereocenters. The highest BCUT2D eigenvalue weighted by molar-refractivity contribution is 8.02. The highest BCUT2D eigenvalue weighted by Gasteiger charge is 2.77. The molecule has 0 aliphatic carbocycles. The lowest BCUT2D eigenvalue weighted by Crippen LogP contribution is -2.60. The molecule has 1 spiro atoms. The summed E-state index contributed by atoms with van der Waals surface area (Å²) in [5.74, 6) is -1.61. The Bertz CT molecular complexity index is 971. The van der Waals surface area contributed by atoms with Crippen LogP contribution in [-0.4, -0.2) is 119 Å². The van der Waals surface area contributed by atoms with Crippen molar-refractivity contribution in [2.24, 2.45) is 23.7 Å². The van der Waals surface area contributed by atoms with E-state index in [4.69, 9.17) is 9.47 Å². The summed E-state index contributed by atoms with van der Waals surface area (Å²) < 4.78 is 10.4. The van der Waals surface area contributed by atoms with E-state index in [1.807, 2.05) is 4.90 Å². The van der Waals surface area contributed by atoms with E-state index in [9.17, 15) is 19.5 Å². The Balaban J connectivity index is 1.68. The third kappa shape index (κ3) is 6.26.